The number of ketones is 1. The Morgan fingerprint density at radius 3 is 2.74 bits per heavy atom. The molecule has 1 fully saturated rings. The van der Waals surface area contributed by atoms with Crippen molar-refractivity contribution in [3.8, 4) is 0 Å². The van der Waals surface area contributed by atoms with Gasteiger partial charge < -0.3 is 15.4 Å². The molecule has 4 N–H and O–H groups in total. The molecule has 0 bridgehead atoms. The molecule has 11 nitrogen and oxygen atoms in total. The average molecular weight is 497 g/mol. The molecule has 1 saturated heterocycles. The van der Waals surface area contributed by atoms with Gasteiger partial charge in [-0.2, -0.15) is 0 Å². The van der Waals surface area contributed by atoms with Gasteiger partial charge in [0.25, 0.3) is 17.6 Å². The molecule has 4 rings (SSSR count). The molecule has 0 spiro atoms. The Hall–Kier alpha value is -2.75. The molecular weight excluding hydrogens is 484 g/mol. The highest BCUT2D eigenvalue weighted by Crippen LogP contribution is 2.48. The van der Waals surface area contributed by atoms with Gasteiger partial charge >= 0.3 is 5.97 Å². The summed E-state index contributed by atoms with van der Waals surface area (Å²) in [7, 11) is 0. The fourth-order valence-corrected chi connectivity index (χ4v) is 6.40. The molecule has 4 heterocycles. The molecule has 0 saturated carbocycles. The fourth-order valence-electron chi connectivity index (χ4n) is 3.19. The summed E-state index contributed by atoms with van der Waals surface area (Å²) in [5.41, 5.74) is -1.70. The number of rotatable bonds is 6. The lowest BCUT2D eigenvalue weighted by molar-refractivity contribution is -0.153. The first kappa shape index (κ1) is 21.5. The van der Waals surface area contributed by atoms with Crippen LogP contribution in [0, 0.1) is 12.3 Å². The van der Waals surface area contributed by atoms with Gasteiger partial charge in [0.2, 0.25) is 0 Å². The van der Waals surface area contributed by atoms with Gasteiger partial charge in [-0.15, -0.1) is 33.3 Å². The molecule has 2 aromatic rings. The van der Waals surface area contributed by atoms with Crippen LogP contribution in [0.4, 0.5) is 0 Å². The maximum Gasteiger partial charge on any atom is 0.353 e. The third kappa shape index (κ3) is 3.33. The number of carbonyl (C=O) groups is 4. The minimum atomic E-state index is -1.71. The van der Waals surface area contributed by atoms with E-state index in [4.69, 9.17) is 17.6 Å². The van der Waals surface area contributed by atoms with E-state index in [2.05, 4.69) is 20.5 Å². The van der Waals surface area contributed by atoms with E-state index in [0.717, 1.165) is 21.6 Å². The number of β-lactam (4-membered cyclic amide) rings is 1. The molecule has 2 aromatic heterocycles. The van der Waals surface area contributed by atoms with Crippen LogP contribution < -0.4 is 10.1 Å². The third-order valence-corrected chi connectivity index (χ3v) is 7.91. The summed E-state index contributed by atoms with van der Waals surface area (Å²) in [6.45, 7) is 1.73. The lowest BCUT2D eigenvalue weighted by Gasteiger charge is -2.55. The zero-order valence-corrected chi connectivity index (χ0v) is 18.8. The van der Waals surface area contributed by atoms with Crippen LogP contribution in [0.15, 0.2) is 11.1 Å². The number of carboxylic acids is 1. The average Bonchev–Trinajstić information content (AvgIpc) is 3.37. The number of carboxylic acid groups (broad SMARTS) is 1. The molecule has 2 amide bonds. The van der Waals surface area contributed by atoms with Gasteiger partial charge in [0.1, 0.15) is 26.8 Å². The van der Waals surface area contributed by atoms with Crippen LogP contribution in [0.5, 0.6) is 0 Å². The molecular formula is C16H12N6O5S4. The number of aryl methyl sites for hydroxylation is 1. The van der Waals surface area contributed by atoms with E-state index in [0.29, 0.717) is 15.6 Å². The Morgan fingerprint density at radius 1 is 1.45 bits per heavy atom. The van der Waals surface area contributed by atoms with Gasteiger partial charge in [0, 0.05) is 22.1 Å². The monoisotopic (exact) mass is 496 g/mol. The maximum atomic E-state index is 13.1. The van der Waals surface area contributed by atoms with Gasteiger partial charge in [0.05, 0.1) is 0 Å². The molecule has 2 aliphatic rings. The number of aliphatic carboxylic acids is 1. The number of fused-ring (bicyclic) bond motifs is 1. The molecule has 0 radical (unpaired) electrons. The number of Topliss-reactive ketones (excluding diaryl/α,β-unsaturated/α-hetero) is 1. The molecule has 2 atom stereocenters. The zero-order chi connectivity index (χ0) is 22.5. The van der Waals surface area contributed by atoms with Gasteiger partial charge in [-0.1, -0.05) is 23.6 Å². The molecule has 1 unspecified atom stereocenters. The second kappa shape index (κ2) is 7.74. The maximum absolute atomic E-state index is 13.1. The number of H-pyrrole nitrogens is 1. The van der Waals surface area contributed by atoms with Crippen molar-refractivity contribution in [1.82, 2.24) is 25.4 Å². The first-order valence-electron chi connectivity index (χ1n) is 8.47. The first-order valence-corrected chi connectivity index (χ1v) is 11.7. The smallest absolute Gasteiger partial charge is 0.353 e. The second-order valence-electron chi connectivity index (χ2n) is 6.47. The number of thiazole rings is 1. The van der Waals surface area contributed by atoms with E-state index >= 15 is 0 Å². The van der Waals surface area contributed by atoms with E-state index in [1.165, 1.54) is 28.5 Å². The van der Waals surface area contributed by atoms with Gasteiger partial charge in [-0.3, -0.25) is 24.7 Å². The van der Waals surface area contributed by atoms with Crippen LogP contribution in [-0.4, -0.2) is 70.8 Å². The molecule has 0 aliphatic carbocycles. The van der Waals surface area contributed by atoms with Gasteiger partial charge in [-0.25, -0.2) is 4.79 Å². The largest absolute Gasteiger partial charge is 0.477 e. The van der Waals surface area contributed by atoms with Crippen molar-refractivity contribution < 1.29 is 24.3 Å². The Bertz CT molecular complexity index is 1240. The van der Waals surface area contributed by atoms with Crippen molar-refractivity contribution in [3.05, 3.63) is 31.6 Å². The standard InChI is InChI=1S/C16H12N6O5S4/c1-5-20-21-11(31-5)6-2-29-14-16(4-28,13(27)22(14)8(6)12(25)26)19-10(24)9(23)7-3-30-15(17)18-7/h3-4,14H,2H2,1H3,(H2,17,18)(H,19,24)(H,25,26)/t14-,16?/m0/s1. The predicted molar refractivity (Wildman–Crippen MR) is 116 cm³/mol. The third-order valence-electron chi connectivity index (χ3n) is 4.60. The Balaban J connectivity index is 1.66. The highest BCUT2D eigenvalue weighted by Gasteiger charge is 2.65. The normalized spacial score (nSPS) is 22.5. The Kier molecular flexibility index (Phi) is 5.36. The molecule has 160 valence electrons. The van der Waals surface area contributed by atoms with Crippen LogP contribution in [0.3, 0.4) is 0 Å². The second-order valence-corrected chi connectivity index (χ2v) is 9.84. The van der Waals surface area contributed by atoms with Crippen molar-refractivity contribution in [3.63, 3.8) is 0 Å². The predicted octanol–water partition coefficient (Wildman–Crippen LogP) is 0.164. The topological polar surface area (TPSA) is 169 Å². The van der Waals surface area contributed by atoms with E-state index in [1.54, 1.807) is 6.92 Å². The summed E-state index contributed by atoms with van der Waals surface area (Å²) in [5.74, 6) is -3.93. The molecule has 0 aromatic carbocycles. The highest BCUT2D eigenvalue weighted by molar-refractivity contribution is 8.00. The lowest BCUT2D eigenvalue weighted by atomic mass is 9.87. The van der Waals surface area contributed by atoms with E-state index in [-0.39, 0.29) is 21.9 Å². The van der Waals surface area contributed by atoms with Crippen LogP contribution in [-0.2, 0) is 14.4 Å². The number of hydrogen-bond donors (Lipinski definition) is 4. The molecule has 31 heavy (non-hydrogen) atoms. The summed E-state index contributed by atoms with van der Waals surface area (Å²) in [5, 5.41) is 30.0. The minimum absolute atomic E-state index is 0.00916. The molecule has 2 aliphatic heterocycles. The highest BCUT2D eigenvalue weighted by atomic mass is 32.2. The number of carbonyl (C=O) groups excluding carboxylic acids is 3. The summed E-state index contributed by atoms with van der Waals surface area (Å²) in [4.78, 5) is 53.4. The summed E-state index contributed by atoms with van der Waals surface area (Å²) < 4.78 is 0. The minimum Gasteiger partial charge on any atom is -0.477 e. The van der Waals surface area contributed by atoms with Gasteiger partial charge in [0.15, 0.2) is 10.3 Å². The van der Waals surface area contributed by atoms with Crippen molar-refractivity contribution >= 4 is 81.2 Å². The van der Waals surface area contributed by atoms with Crippen molar-refractivity contribution in [2.75, 3.05) is 5.75 Å². The van der Waals surface area contributed by atoms with Crippen LogP contribution in [0.1, 0.15) is 20.5 Å². The van der Waals surface area contributed by atoms with Gasteiger partial charge in [-0.05, 0) is 6.92 Å². The summed E-state index contributed by atoms with van der Waals surface area (Å²) in [6.07, 6.45) is 0. The number of nitrogens with zero attached hydrogens (tertiary/aromatic N) is 3. The number of amides is 2. The van der Waals surface area contributed by atoms with E-state index in [1.807, 2.05) is 0 Å². The number of hydrogen-bond acceptors (Lipinski definition) is 11. The lowest BCUT2D eigenvalue weighted by Crippen LogP contribution is -2.80. The van der Waals surface area contributed by atoms with Crippen LogP contribution in [0.2, 0.25) is 0 Å². The van der Waals surface area contributed by atoms with E-state index < -0.39 is 34.5 Å². The number of aromatic nitrogens is 3. The zero-order valence-electron chi connectivity index (χ0n) is 15.5. The van der Waals surface area contributed by atoms with Crippen molar-refractivity contribution in [2.24, 2.45) is 0 Å². The fraction of sp³-hybridized carbons (Fsp3) is 0.250. The van der Waals surface area contributed by atoms with Crippen molar-refractivity contribution in [2.45, 2.75) is 17.8 Å². The quantitative estimate of drug-likeness (QED) is 0.188. The Morgan fingerprint density at radius 2 is 2.19 bits per heavy atom. The number of thioether (sulfide) groups is 1. The van der Waals surface area contributed by atoms with Crippen molar-refractivity contribution in [1.29, 1.82) is 5.41 Å². The first-order chi connectivity index (χ1) is 14.7. The van der Waals surface area contributed by atoms with E-state index in [9.17, 15) is 24.3 Å². The number of thiocarbonyl (C=S) groups is 1. The van der Waals surface area contributed by atoms with Crippen LogP contribution in [0.25, 0.3) is 5.57 Å². The molecule has 15 heteroatoms. The Labute approximate surface area is 191 Å². The SMILES string of the molecule is Cc1nnc(C2=C(C(=O)O)N3C(=O)C(C=S)(NC(=O)C(=O)c4csc(=N)[nH]4)[C@@H]3SC2)s1. The number of nitrogens with one attached hydrogen (secondary N) is 3. The number of aromatic amines is 1. The summed E-state index contributed by atoms with van der Waals surface area (Å²) in [6, 6.07) is 0. The van der Waals surface area contributed by atoms with Crippen LogP contribution >= 0.6 is 46.7 Å². The summed E-state index contributed by atoms with van der Waals surface area (Å²) >= 11 is 8.35.